The molecule has 2 aliphatic rings. The summed E-state index contributed by atoms with van der Waals surface area (Å²) in [4.78, 5) is 39.0. The molecule has 0 fully saturated rings. The largest absolute Gasteiger partial charge is 0.481 e. The first kappa shape index (κ1) is 21.3. The number of nitrogens with one attached hydrogen (secondary N) is 2. The number of rotatable bonds is 5. The van der Waals surface area contributed by atoms with E-state index in [0.29, 0.717) is 29.1 Å². The molecule has 7 heteroatoms. The number of carboxylic acid groups (broad SMARTS) is 1. The summed E-state index contributed by atoms with van der Waals surface area (Å²) in [6.45, 7) is 1.99. The molecule has 2 amide bonds. The van der Waals surface area contributed by atoms with Crippen molar-refractivity contribution in [2.75, 3.05) is 10.6 Å². The zero-order chi connectivity index (χ0) is 22.0. The van der Waals surface area contributed by atoms with Crippen molar-refractivity contribution in [1.82, 2.24) is 0 Å². The number of allylic oxidation sites excluding steroid dienone is 2. The standard InChI is InChI=1S/C24H26N2O4S/c1-14-10-12-15(13-11-14)25-22(28)20-18-8-4-5-9-19(18)31-23(20)26-21(27)16-6-2-3-7-17(16)24(29)30/h2-3,10-13,16-17H,4-9H2,1H3,(H,25,28)(H,26,27)(H,29,30)/t16-,17-/m0/s1. The van der Waals surface area contributed by atoms with Gasteiger partial charge < -0.3 is 15.7 Å². The summed E-state index contributed by atoms with van der Waals surface area (Å²) in [7, 11) is 0. The van der Waals surface area contributed by atoms with Crippen molar-refractivity contribution in [2.24, 2.45) is 11.8 Å². The molecule has 1 heterocycles. The zero-order valence-corrected chi connectivity index (χ0v) is 18.3. The highest BCUT2D eigenvalue weighted by atomic mass is 32.1. The molecular formula is C24H26N2O4S. The summed E-state index contributed by atoms with van der Waals surface area (Å²) < 4.78 is 0. The van der Waals surface area contributed by atoms with Crippen LogP contribution in [0.4, 0.5) is 10.7 Å². The van der Waals surface area contributed by atoms with Gasteiger partial charge in [0, 0.05) is 10.6 Å². The fraction of sp³-hybridized carbons (Fsp3) is 0.375. The van der Waals surface area contributed by atoms with E-state index < -0.39 is 17.8 Å². The average molecular weight is 439 g/mol. The summed E-state index contributed by atoms with van der Waals surface area (Å²) in [5.74, 6) is -2.93. The van der Waals surface area contributed by atoms with Gasteiger partial charge in [0.2, 0.25) is 5.91 Å². The first-order valence-electron chi connectivity index (χ1n) is 10.6. The lowest BCUT2D eigenvalue weighted by Gasteiger charge is -2.24. The SMILES string of the molecule is Cc1ccc(NC(=O)c2c(NC(=O)[C@H]3CC=CC[C@@H]3C(=O)O)sc3c2CCCC3)cc1. The number of amides is 2. The Morgan fingerprint density at radius 1 is 0.968 bits per heavy atom. The van der Waals surface area contributed by atoms with Crippen LogP contribution in [0.2, 0.25) is 0 Å². The maximum Gasteiger partial charge on any atom is 0.307 e. The Morgan fingerprint density at radius 3 is 2.35 bits per heavy atom. The van der Waals surface area contributed by atoms with Crippen molar-refractivity contribution in [3.63, 3.8) is 0 Å². The smallest absolute Gasteiger partial charge is 0.307 e. The third kappa shape index (κ3) is 4.56. The Labute approximate surface area is 185 Å². The third-order valence-corrected chi connectivity index (χ3v) is 7.24. The molecule has 0 unspecified atom stereocenters. The Balaban J connectivity index is 1.61. The lowest BCUT2D eigenvalue weighted by molar-refractivity contribution is -0.146. The second kappa shape index (κ2) is 9.06. The highest BCUT2D eigenvalue weighted by Gasteiger charge is 2.35. The molecular weight excluding hydrogens is 412 g/mol. The minimum Gasteiger partial charge on any atom is -0.481 e. The van der Waals surface area contributed by atoms with Gasteiger partial charge in [0.25, 0.3) is 5.91 Å². The van der Waals surface area contributed by atoms with E-state index in [2.05, 4.69) is 10.6 Å². The second-order valence-corrected chi connectivity index (χ2v) is 9.32. The second-order valence-electron chi connectivity index (χ2n) is 8.22. The predicted molar refractivity (Wildman–Crippen MR) is 122 cm³/mol. The number of carbonyl (C=O) groups is 3. The van der Waals surface area contributed by atoms with Gasteiger partial charge in [-0.2, -0.15) is 0 Å². The van der Waals surface area contributed by atoms with Crippen LogP contribution in [0.15, 0.2) is 36.4 Å². The van der Waals surface area contributed by atoms with E-state index in [1.54, 1.807) is 0 Å². The molecule has 1 aromatic carbocycles. The fourth-order valence-electron chi connectivity index (χ4n) is 4.31. The van der Waals surface area contributed by atoms with Crippen LogP contribution in [-0.2, 0) is 22.4 Å². The summed E-state index contributed by atoms with van der Waals surface area (Å²) in [5, 5.41) is 15.9. The molecule has 3 N–H and O–H groups in total. The highest BCUT2D eigenvalue weighted by Crippen LogP contribution is 2.39. The quantitative estimate of drug-likeness (QED) is 0.585. The van der Waals surface area contributed by atoms with E-state index in [1.807, 2.05) is 43.3 Å². The molecule has 4 rings (SSSR count). The maximum absolute atomic E-state index is 13.2. The maximum atomic E-state index is 13.2. The summed E-state index contributed by atoms with van der Waals surface area (Å²) >= 11 is 1.45. The van der Waals surface area contributed by atoms with Crippen molar-refractivity contribution in [3.05, 3.63) is 58.0 Å². The third-order valence-electron chi connectivity index (χ3n) is 6.03. The number of thiophene rings is 1. The number of aliphatic carboxylic acids is 1. The monoisotopic (exact) mass is 438 g/mol. The van der Waals surface area contributed by atoms with Crippen molar-refractivity contribution in [1.29, 1.82) is 0 Å². The molecule has 0 saturated heterocycles. The van der Waals surface area contributed by atoms with Crippen LogP contribution in [0, 0.1) is 18.8 Å². The number of hydrogen-bond acceptors (Lipinski definition) is 4. The molecule has 0 radical (unpaired) electrons. The van der Waals surface area contributed by atoms with Gasteiger partial charge in [-0.1, -0.05) is 29.8 Å². The van der Waals surface area contributed by atoms with Gasteiger partial charge in [0.05, 0.1) is 17.4 Å². The summed E-state index contributed by atoms with van der Waals surface area (Å²) in [5.41, 5.74) is 3.33. The van der Waals surface area contributed by atoms with Crippen molar-refractivity contribution < 1.29 is 19.5 Å². The first-order chi connectivity index (χ1) is 14.9. The molecule has 0 saturated carbocycles. The lowest BCUT2D eigenvalue weighted by atomic mass is 9.82. The van der Waals surface area contributed by atoms with Crippen molar-refractivity contribution >= 4 is 39.8 Å². The van der Waals surface area contributed by atoms with Crippen LogP contribution in [-0.4, -0.2) is 22.9 Å². The molecule has 162 valence electrons. The predicted octanol–water partition coefficient (Wildman–Crippen LogP) is 4.79. The van der Waals surface area contributed by atoms with Crippen LogP contribution in [0.3, 0.4) is 0 Å². The molecule has 2 aromatic rings. The van der Waals surface area contributed by atoms with E-state index in [9.17, 15) is 19.5 Å². The summed E-state index contributed by atoms with van der Waals surface area (Å²) in [6, 6.07) is 7.58. The van der Waals surface area contributed by atoms with E-state index in [0.717, 1.165) is 41.7 Å². The van der Waals surface area contributed by atoms with Gasteiger partial charge in [0.1, 0.15) is 5.00 Å². The lowest BCUT2D eigenvalue weighted by Crippen LogP contribution is -2.35. The van der Waals surface area contributed by atoms with E-state index >= 15 is 0 Å². The van der Waals surface area contributed by atoms with Crippen LogP contribution in [0.1, 0.15) is 52.0 Å². The molecule has 2 atom stereocenters. The normalized spacial score (nSPS) is 20.0. The van der Waals surface area contributed by atoms with Crippen molar-refractivity contribution in [2.45, 2.75) is 45.4 Å². The zero-order valence-electron chi connectivity index (χ0n) is 17.4. The van der Waals surface area contributed by atoms with Gasteiger partial charge >= 0.3 is 5.97 Å². The van der Waals surface area contributed by atoms with Gasteiger partial charge in [-0.15, -0.1) is 11.3 Å². The number of hydrogen-bond donors (Lipinski definition) is 3. The Bertz CT molecular complexity index is 1040. The molecule has 1 aromatic heterocycles. The van der Waals surface area contributed by atoms with Crippen LogP contribution >= 0.6 is 11.3 Å². The molecule has 6 nitrogen and oxygen atoms in total. The molecule has 0 aliphatic heterocycles. The molecule has 2 aliphatic carbocycles. The van der Waals surface area contributed by atoms with E-state index in [-0.39, 0.29) is 11.8 Å². The Morgan fingerprint density at radius 2 is 1.65 bits per heavy atom. The van der Waals surface area contributed by atoms with Crippen LogP contribution in [0.5, 0.6) is 0 Å². The summed E-state index contributed by atoms with van der Waals surface area (Å²) in [6.07, 6.45) is 8.17. The molecule has 31 heavy (non-hydrogen) atoms. The number of carboxylic acids is 1. The van der Waals surface area contributed by atoms with E-state index in [1.165, 1.54) is 11.3 Å². The Hall–Kier alpha value is -2.93. The molecule has 0 bridgehead atoms. The number of fused-ring (bicyclic) bond motifs is 1. The van der Waals surface area contributed by atoms with Gasteiger partial charge in [-0.25, -0.2) is 0 Å². The minimum atomic E-state index is -0.965. The first-order valence-corrected chi connectivity index (χ1v) is 11.5. The van der Waals surface area contributed by atoms with Crippen LogP contribution in [0.25, 0.3) is 0 Å². The fourth-order valence-corrected chi connectivity index (χ4v) is 5.60. The minimum absolute atomic E-state index is 0.239. The van der Waals surface area contributed by atoms with Crippen molar-refractivity contribution in [3.8, 4) is 0 Å². The topological polar surface area (TPSA) is 95.5 Å². The van der Waals surface area contributed by atoms with Gasteiger partial charge in [-0.05, 0) is 63.1 Å². The highest BCUT2D eigenvalue weighted by molar-refractivity contribution is 7.17. The van der Waals surface area contributed by atoms with Gasteiger partial charge in [0.15, 0.2) is 0 Å². The number of aryl methyl sites for hydroxylation is 2. The average Bonchev–Trinajstić information content (AvgIpc) is 3.13. The Kier molecular flexibility index (Phi) is 6.23. The van der Waals surface area contributed by atoms with Crippen LogP contribution < -0.4 is 10.6 Å². The number of anilines is 2. The van der Waals surface area contributed by atoms with E-state index in [4.69, 9.17) is 0 Å². The number of benzene rings is 1. The van der Waals surface area contributed by atoms with Gasteiger partial charge in [-0.3, -0.25) is 14.4 Å². The molecule has 0 spiro atoms. The number of carbonyl (C=O) groups excluding carboxylic acids is 2.